The summed E-state index contributed by atoms with van der Waals surface area (Å²) < 4.78 is 5.58. The number of carbonyl (C=O) groups is 1. The summed E-state index contributed by atoms with van der Waals surface area (Å²) in [5.41, 5.74) is 1.05. The van der Waals surface area contributed by atoms with E-state index in [0.717, 1.165) is 37.0 Å². The normalized spacial score (nSPS) is 21.9. The van der Waals surface area contributed by atoms with Gasteiger partial charge in [0, 0.05) is 45.0 Å². The number of nitrogens with one attached hydrogen (secondary N) is 1. The number of anilines is 2. The third-order valence-electron chi connectivity index (χ3n) is 4.63. The lowest BCUT2D eigenvalue weighted by molar-refractivity contribution is -0.145. The molecule has 1 atom stereocenters. The van der Waals surface area contributed by atoms with E-state index < -0.39 is 0 Å². The highest BCUT2D eigenvalue weighted by molar-refractivity contribution is 5.77. The van der Waals surface area contributed by atoms with Gasteiger partial charge in [0.1, 0.15) is 12.4 Å². The number of morpholine rings is 1. The van der Waals surface area contributed by atoms with Crippen LogP contribution >= 0.6 is 0 Å². The van der Waals surface area contributed by atoms with Crippen molar-refractivity contribution in [3.05, 3.63) is 11.8 Å². The number of rotatable bonds is 5. The monoisotopic (exact) mass is 333 g/mol. The van der Waals surface area contributed by atoms with E-state index in [1.165, 1.54) is 19.3 Å². The molecule has 7 nitrogen and oxygen atoms in total. The summed E-state index contributed by atoms with van der Waals surface area (Å²) in [4.78, 5) is 24.8. The molecule has 3 heterocycles. The molecule has 1 amide bonds. The fraction of sp³-hybridized carbons (Fsp3) is 0.706. The summed E-state index contributed by atoms with van der Waals surface area (Å²) in [7, 11) is 1.81. The molecule has 1 unspecified atom stereocenters. The van der Waals surface area contributed by atoms with E-state index in [9.17, 15) is 4.79 Å². The fourth-order valence-electron chi connectivity index (χ4n) is 3.09. The van der Waals surface area contributed by atoms with Crippen LogP contribution in [0.3, 0.4) is 0 Å². The average molecular weight is 333 g/mol. The first-order valence-corrected chi connectivity index (χ1v) is 8.88. The van der Waals surface area contributed by atoms with Crippen molar-refractivity contribution in [2.24, 2.45) is 0 Å². The summed E-state index contributed by atoms with van der Waals surface area (Å²) in [5.74, 6) is 1.70. The molecule has 132 valence electrons. The van der Waals surface area contributed by atoms with E-state index in [1.54, 1.807) is 4.90 Å². The second-order valence-electron chi connectivity index (χ2n) is 6.53. The quantitative estimate of drug-likeness (QED) is 0.876. The molecule has 2 aliphatic rings. The molecular formula is C17H27N5O2. The van der Waals surface area contributed by atoms with Crippen molar-refractivity contribution in [3.8, 4) is 0 Å². The van der Waals surface area contributed by atoms with Crippen LogP contribution in [0.1, 0.15) is 31.9 Å². The van der Waals surface area contributed by atoms with Gasteiger partial charge in [-0.25, -0.2) is 4.98 Å². The Morgan fingerprint density at radius 3 is 2.79 bits per heavy atom. The van der Waals surface area contributed by atoms with Crippen LogP contribution < -0.4 is 10.2 Å². The Morgan fingerprint density at radius 1 is 1.29 bits per heavy atom. The number of carbonyl (C=O) groups excluding carboxylic acids is 1. The summed E-state index contributed by atoms with van der Waals surface area (Å²) in [5, 5.41) is 3.36. The third kappa shape index (κ3) is 4.14. The van der Waals surface area contributed by atoms with Gasteiger partial charge in [-0.15, -0.1) is 0 Å². The zero-order chi connectivity index (χ0) is 16.9. The van der Waals surface area contributed by atoms with Gasteiger partial charge in [-0.2, -0.15) is 4.98 Å². The van der Waals surface area contributed by atoms with E-state index >= 15 is 0 Å². The molecule has 1 aromatic rings. The number of nitrogens with zero attached hydrogens (tertiary/aromatic N) is 4. The number of piperidine rings is 1. The van der Waals surface area contributed by atoms with Gasteiger partial charge < -0.3 is 19.9 Å². The standard InChI is InChI=1S/C17H27N5O2/c1-3-13-9-15(18-10-14-11-21(2)16(23)12-24-14)20-17(19-13)22-7-5-4-6-8-22/h9,14H,3-8,10-12H2,1-2H3,(H,18,19,20). The van der Waals surface area contributed by atoms with Gasteiger partial charge >= 0.3 is 0 Å². The number of aryl methyl sites for hydroxylation is 1. The Bertz CT molecular complexity index is 574. The maximum absolute atomic E-state index is 11.5. The second-order valence-corrected chi connectivity index (χ2v) is 6.53. The number of amides is 1. The Labute approximate surface area is 143 Å². The Morgan fingerprint density at radius 2 is 2.08 bits per heavy atom. The molecule has 0 saturated carbocycles. The van der Waals surface area contributed by atoms with Crippen molar-refractivity contribution in [2.45, 2.75) is 38.7 Å². The molecule has 3 rings (SSSR count). The van der Waals surface area contributed by atoms with Crippen LogP contribution in [0.25, 0.3) is 0 Å². The van der Waals surface area contributed by atoms with E-state index in [2.05, 4.69) is 22.1 Å². The molecule has 7 heteroatoms. The highest BCUT2D eigenvalue weighted by Gasteiger charge is 2.23. The number of ether oxygens (including phenoxy) is 1. The van der Waals surface area contributed by atoms with Gasteiger partial charge in [-0.05, 0) is 25.7 Å². The maximum atomic E-state index is 11.5. The number of hydrogen-bond acceptors (Lipinski definition) is 6. The predicted octanol–water partition coefficient (Wildman–Crippen LogP) is 1.30. The largest absolute Gasteiger partial charge is 0.367 e. The lowest BCUT2D eigenvalue weighted by Gasteiger charge is -2.30. The van der Waals surface area contributed by atoms with Crippen LogP contribution in [0.15, 0.2) is 6.07 Å². The van der Waals surface area contributed by atoms with Crippen molar-refractivity contribution in [1.29, 1.82) is 0 Å². The van der Waals surface area contributed by atoms with Crippen LogP contribution in [0.2, 0.25) is 0 Å². The van der Waals surface area contributed by atoms with Gasteiger partial charge in [0.2, 0.25) is 11.9 Å². The minimum Gasteiger partial charge on any atom is -0.367 e. The molecule has 2 aliphatic heterocycles. The maximum Gasteiger partial charge on any atom is 0.248 e. The van der Waals surface area contributed by atoms with E-state index in [1.807, 2.05) is 13.1 Å². The predicted molar refractivity (Wildman–Crippen MR) is 93.3 cm³/mol. The lowest BCUT2D eigenvalue weighted by Crippen LogP contribution is -2.46. The highest BCUT2D eigenvalue weighted by Crippen LogP contribution is 2.19. The highest BCUT2D eigenvalue weighted by atomic mass is 16.5. The van der Waals surface area contributed by atoms with Gasteiger partial charge in [0.25, 0.3) is 0 Å². The number of likely N-dealkylation sites (N-methyl/N-ethyl adjacent to an activating group) is 1. The second kappa shape index (κ2) is 7.79. The molecule has 2 fully saturated rings. The third-order valence-corrected chi connectivity index (χ3v) is 4.63. The Hall–Kier alpha value is -1.89. The van der Waals surface area contributed by atoms with E-state index in [0.29, 0.717) is 13.1 Å². The zero-order valence-electron chi connectivity index (χ0n) is 14.6. The molecule has 1 N–H and O–H groups in total. The topological polar surface area (TPSA) is 70.6 Å². The molecule has 0 aromatic carbocycles. The molecule has 0 bridgehead atoms. The zero-order valence-corrected chi connectivity index (χ0v) is 14.6. The SMILES string of the molecule is CCc1cc(NCC2CN(C)C(=O)CO2)nc(N2CCCCC2)n1. The molecule has 0 spiro atoms. The van der Waals surface area contributed by atoms with Crippen LogP contribution in [0.4, 0.5) is 11.8 Å². The minimum atomic E-state index is -0.00817. The van der Waals surface area contributed by atoms with Crippen LogP contribution in [-0.2, 0) is 16.0 Å². The van der Waals surface area contributed by atoms with Crippen molar-refractivity contribution < 1.29 is 9.53 Å². The summed E-state index contributed by atoms with van der Waals surface area (Å²) in [6, 6.07) is 2.01. The number of aromatic nitrogens is 2. The van der Waals surface area contributed by atoms with Crippen molar-refractivity contribution in [1.82, 2.24) is 14.9 Å². The van der Waals surface area contributed by atoms with E-state index in [4.69, 9.17) is 9.72 Å². The van der Waals surface area contributed by atoms with Gasteiger partial charge in [0.05, 0.1) is 6.10 Å². The number of hydrogen-bond donors (Lipinski definition) is 1. The van der Waals surface area contributed by atoms with Crippen molar-refractivity contribution >= 4 is 17.7 Å². The van der Waals surface area contributed by atoms with Gasteiger partial charge in [-0.3, -0.25) is 4.79 Å². The molecule has 2 saturated heterocycles. The summed E-state index contributed by atoms with van der Waals surface area (Å²) >= 11 is 0. The Balaban J connectivity index is 1.65. The summed E-state index contributed by atoms with van der Waals surface area (Å²) in [6.45, 7) is 5.58. The fourth-order valence-corrected chi connectivity index (χ4v) is 3.09. The molecule has 24 heavy (non-hydrogen) atoms. The first-order valence-electron chi connectivity index (χ1n) is 8.88. The van der Waals surface area contributed by atoms with Gasteiger partial charge in [-0.1, -0.05) is 6.92 Å². The van der Waals surface area contributed by atoms with Crippen LogP contribution in [-0.4, -0.2) is 66.7 Å². The van der Waals surface area contributed by atoms with Crippen molar-refractivity contribution in [2.75, 3.05) is 50.1 Å². The summed E-state index contributed by atoms with van der Waals surface area (Å²) in [6.07, 6.45) is 4.58. The molecule has 0 radical (unpaired) electrons. The first-order chi connectivity index (χ1) is 11.7. The molecule has 0 aliphatic carbocycles. The van der Waals surface area contributed by atoms with E-state index in [-0.39, 0.29) is 18.6 Å². The first kappa shape index (κ1) is 17.0. The minimum absolute atomic E-state index is 0.00817. The molecule has 1 aromatic heterocycles. The smallest absolute Gasteiger partial charge is 0.248 e. The Kier molecular flexibility index (Phi) is 5.50. The van der Waals surface area contributed by atoms with Crippen LogP contribution in [0, 0.1) is 0 Å². The lowest BCUT2D eigenvalue weighted by atomic mass is 10.1. The van der Waals surface area contributed by atoms with Crippen LogP contribution in [0.5, 0.6) is 0 Å². The van der Waals surface area contributed by atoms with Crippen molar-refractivity contribution in [3.63, 3.8) is 0 Å². The van der Waals surface area contributed by atoms with Gasteiger partial charge in [0.15, 0.2) is 0 Å². The molecular weight excluding hydrogens is 306 g/mol. The average Bonchev–Trinajstić information content (AvgIpc) is 2.63.